The lowest BCUT2D eigenvalue weighted by Crippen LogP contribution is -2.30. The molecule has 0 aliphatic carbocycles. The van der Waals surface area contributed by atoms with Gasteiger partial charge >= 0.3 is 39.5 Å². The van der Waals surface area contributed by atoms with Gasteiger partial charge in [0.05, 0.1) is 26.4 Å². The molecule has 0 aliphatic heterocycles. The Morgan fingerprint density at radius 2 is 0.552 bits per heavy atom. The van der Waals surface area contributed by atoms with Crippen LogP contribution in [0.4, 0.5) is 0 Å². The number of unbranched alkanes of at least 4 members (excludes halogenated alkanes) is 28. The number of hydrogen-bond acceptors (Lipinski definition) is 15. The summed E-state index contributed by atoms with van der Waals surface area (Å²) in [7, 11) is -9.90. The first-order chi connectivity index (χ1) is 41.7. The van der Waals surface area contributed by atoms with Crippen molar-refractivity contribution >= 4 is 39.5 Å². The fourth-order valence-electron chi connectivity index (χ4n) is 10.0. The van der Waals surface area contributed by atoms with E-state index in [0.717, 1.165) is 120 Å². The molecule has 0 radical (unpaired) electrons. The van der Waals surface area contributed by atoms with E-state index in [0.29, 0.717) is 25.7 Å². The molecule has 3 N–H and O–H groups in total. The Labute approximate surface area is 530 Å². The molecule has 0 bridgehead atoms. The quantitative estimate of drug-likeness (QED) is 0.0222. The zero-order valence-electron chi connectivity index (χ0n) is 56.6. The Kier molecular flexibility index (Phi) is 56.6. The van der Waals surface area contributed by atoms with Crippen LogP contribution in [-0.4, -0.2) is 96.7 Å². The van der Waals surface area contributed by atoms with Gasteiger partial charge in [-0.2, -0.15) is 0 Å². The molecule has 0 spiro atoms. The summed E-state index contributed by atoms with van der Waals surface area (Å²) in [4.78, 5) is 72.4. The Balaban J connectivity index is 5.27. The van der Waals surface area contributed by atoms with Crippen molar-refractivity contribution in [1.82, 2.24) is 0 Å². The Bertz CT molecular complexity index is 1740. The molecule has 87 heavy (non-hydrogen) atoms. The molecule has 516 valence electrons. The zero-order valence-corrected chi connectivity index (χ0v) is 58.4. The first-order valence-electron chi connectivity index (χ1n) is 35.3. The van der Waals surface area contributed by atoms with Gasteiger partial charge in [0.25, 0.3) is 0 Å². The molecule has 0 aromatic rings. The van der Waals surface area contributed by atoms with E-state index in [9.17, 15) is 43.2 Å². The van der Waals surface area contributed by atoms with Crippen molar-refractivity contribution in [2.45, 2.75) is 350 Å². The van der Waals surface area contributed by atoms with Gasteiger partial charge in [0.1, 0.15) is 19.3 Å². The van der Waals surface area contributed by atoms with E-state index in [-0.39, 0.29) is 25.7 Å². The van der Waals surface area contributed by atoms with Crippen LogP contribution < -0.4 is 0 Å². The SMILES string of the molecule is CCC(C)CCCCCCCCCCCCC(=O)O[C@H](COC(=O)CCCCCCCCC(C)CC)COP(=O)(O)OCC(O)COP(=O)(O)OC[C@@H](COC(=O)CCCCCCCCCCC(C)C)OC(=O)CCCCCCCCCCC(C)CC. The summed E-state index contributed by atoms with van der Waals surface area (Å²) in [6, 6.07) is 0. The highest BCUT2D eigenvalue weighted by molar-refractivity contribution is 7.47. The topological polar surface area (TPSA) is 237 Å². The van der Waals surface area contributed by atoms with E-state index in [1.807, 2.05) is 0 Å². The lowest BCUT2D eigenvalue weighted by molar-refractivity contribution is -0.161. The fourth-order valence-corrected chi connectivity index (χ4v) is 11.6. The standard InChI is InChI=1S/C68H132O17P2/c1-9-59(6)45-37-29-21-14-12-13-15-24-34-42-50-67(72)84-64(55-79-66(71)49-41-33-27-26-31-39-47-61(8)11-3)57-83-87(76,77)81-53-62(69)52-80-86(74,75)82-56-63(54-78-65(70)48-40-32-23-18-16-20-28-36-44-58(4)5)85-68(73)51-43-35-25-19-17-22-30-38-46-60(7)10-2/h58-64,69H,9-57H2,1-8H3,(H,74,75)(H,76,77)/t59?,60?,61?,62?,63-,64-/m1/s1. The molecule has 8 atom stereocenters. The third-order valence-corrected chi connectivity index (χ3v) is 18.6. The number of phosphoric acid groups is 2. The smallest absolute Gasteiger partial charge is 0.462 e. The normalized spacial score (nSPS) is 15.3. The molecule has 0 aromatic carbocycles. The first kappa shape index (κ1) is 85.1. The minimum atomic E-state index is -4.95. The van der Waals surface area contributed by atoms with Gasteiger partial charge in [0.15, 0.2) is 12.2 Å². The number of hydrogen-bond donors (Lipinski definition) is 3. The minimum absolute atomic E-state index is 0.104. The molecular formula is C68H132O17P2. The van der Waals surface area contributed by atoms with Crippen molar-refractivity contribution in [3.63, 3.8) is 0 Å². The second kappa shape index (κ2) is 57.9. The summed E-state index contributed by atoms with van der Waals surface area (Å²) >= 11 is 0. The molecule has 0 fully saturated rings. The van der Waals surface area contributed by atoms with Crippen LogP contribution in [-0.2, 0) is 65.4 Å². The molecule has 0 saturated carbocycles. The molecule has 6 unspecified atom stereocenters. The molecule has 19 heteroatoms. The summed E-state index contributed by atoms with van der Waals surface area (Å²) in [5, 5.41) is 10.6. The van der Waals surface area contributed by atoms with Crippen LogP contribution in [0.25, 0.3) is 0 Å². The number of aliphatic hydroxyl groups excluding tert-OH is 1. The van der Waals surface area contributed by atoms with Crippen molar-refractivity contribution in [3.8, 4) is 0 Å². The summed E-state index contributed by atoms with van der Waals surface area (Å²) in [5.41, 5.74) is 0. The maximum Gasteiger partial charge on any atom is 0.472 e. The number of ether oxygens (including phenoxy) is 4. The molecular weight excluding hydrogens is 1150 g/mol. The average Bonchev–Trinajstić information content (AvgIpc) is 3.59. The molecule has 0 aromatic heterocycles. The lowest BCUT2D eigenvalue weighted by Gasteiger charge is -2.21. The van der Waals surface area contributed by atoms with E-state index in [4.69, 9.17) is 37.0 Å². The van der Waals surface area contributed by atoms with Crippen molar-refractivity contribution in [2.24, 2.45) is 23.7 Å². The van der Waals surface area contributed by atoms with E-state index in [1.165, 1.54) is 128 Å². The highest BCUT2D eigenvalue weighted by Gasteiger charge is 2.30. The van der Waals surface area contributed by atoms with Crippen LogP contribution in [0.1, 0.15) is 331 Å². The van der Waals surface area contributed by atoms with Gasteiger partial charge in [-0.1, -0.05) is 280 Å². The fraction of sp³-hybridized carbons (Fsp3) is 0.941. The molecule has 17 nitrogen and oxygen atoms in total. The second-order valence-electron chi connectivity index (χ2n) is 25.8. The number of carbonyl (C=O) groups is 4. The number of esters is 4. The number of phosphoric ester groups is 2. The molecule has 0 saturated heterocycles. The first-order valence-corrected chi connectivity index (χ1v) is 38.3. The van der Waals surface area contributed by atoms with Crippen molar-refractivity contribution in [3.05, 3.63) is 0 Å². The third kappa shape index (κ3) is 58.9. The second-order valence-corrected chi connectivity index (χ2v) is 28.7. The molecule has 0 aliphatic rings. The summed E-state index contributed by atoms with van der Waals surface area (Å²) in [6.45, 7) is 14.1. The number of rotatable bonds is 65. The third-order valence-electron chi connectivity index (χ3n) is 16.7. The lowest BCUT2D eigenvalue weighted by atomic mass is 9.99. The van der Waals surface area contributed by atoms with Crippen LogP contribution in [0.3, 0.4) is 0 Å². The van der Waals surface area contributed by atoms with Crippen LogP contribution >= 0.6 is 15.6 Å². The predicted octanol–water partition coefficient (Wildman–Crippen LogP) is 18.9. The van der Waals surface area contributed by atoms with E-state index < -0.39 is 97.5 Å². The van der Waals surface area contributed by atoms with Gasteiger partial charge in [-0.25, -0.2) is 9.13 Å². The Morgan fingerprint density at radius 3 is 0.816 bits per heavy atom. The maximum absolute atomic E-state index is 13.0. The largest absolute Gasteiger partial charge is 0.472 e. The van der Waals surface area contributed by atoms with E-state index in [1.54, 1.807) is 0 Å². The van der Waals surface area contributed by atoms with Crippen LogP contribution in [0.2, 0.25) is 0 Å². The van der Waals surface area contributed by atoms with Crippen LogP contribution in [0, 0.1) is 23.7 Å². The predicted molar refractivity (Wildman–Crippen MR) is 349 cm³/mol. The highest BCUT2D eigenvalue weighted by Crippen LogP contribution is 2.45. The van der Waals surface area contributed by atoms with Crippen molar-refractivity contribution in [1.29, 1.82) is 0 Å². The highest BCUT2D eigenvalue weighted by atomic mass is 31.2. The maximum atomic E-state index is 13.0. The summed E-state index contributed by atoms with van der Waals surface area (Å²) in [6.07, 6.45) is 38.8. The number of carbonyl (C=O) groups excluding carboxylic acids is 4. The molecule has 0 amide bonds. The van der Waals surface area contributed by atoms with Gasteiger partial charge in [-0.15, -0.1) is 0 Å². The summed E-state index contributed by atoms with van der Waals surface area (Å²) in [5.74, 6) is 0.895. The molecule has 0 heterocycles. The van der Waals surface area contributed by atoms with Crippen molar-refractivity contribution < 1.29 is 80.2 Å². The summed E-state index contributed by atoms with van der Waals surface area (Å²) < 4.78 is 68.2. The van der Waals surface area contributed by atoms with Crippen LogP contribution in [0.5, 0.6) is 0 Å². The van der Waals surface area contributed by atoms with Crippen LogP contribution in [0.15, 0.2) is 0 Å². The van der Waals surface area contributed by atoms with E-state index >= 15 is 0 Å². The zero-order chi connectivity index (χ0) is 64.7. The van der Waals surface area contributed by atoms with Gasteiger partial charge in [0.2, 0.25) is 0 Å². The van der Waals surface area contributed by atoms with Gasteiger partial charge < -0.3 is 33.8 Å². The van der Waals surface area contributed by atoms with Gasteiger partial charge in [-0.3, -0.25) is 37.3 Å². The van der Waals surface area contributed by atoms with E-state index in [2.05, 4.69) is 55.4 Å². The van der Waals surface area contributed by atoms with Gasteiger partial charge in [0, 0.05) is 25.7 Å². The average molecular weight is 1280 g/mol. The number of aliphatic hydroxyl groups is 1. The minimum Gasteiger partial charge on any atom is -0.462 e. The Hall–Kier alpha value is -1.94. The van der Waals surface area contributed by atoms with Crippen molar-refractivity contribution in [2.75, 3.05) is 39.6 Å². The monoisotopic (exact) mass is 1280 g/mol. The molecule has 0 rings (SSSR count). The Morgan fingerprint density at radius 1 is 0.322 bits per heavy atom. The van der Waals surface area contributed by atoms with Gasteiger partial charge in [-0.05, 0) is 49.4 Å².